The molecule has 1 atom stereocenters. The van der Waals surface area contributed by atoms with Gasteiger partial charge >= 0.3 is 0 Å². The number of rotatable bonds is 10. The second kappa shape index (κ2) is 10.3. The monoisotopic (exact) mass is 464 g/mol. The standard InChI is InChI=1S/C26H32N4O2S/c1-4-6-7-8-15-32-19-11-9-18(10-12-19)26(3)16-21(22-14-13-20(5-2)33-22)23(25(31)29-26)24-27-17-28-30-24/h9-14,17H,4-8,15-16H2,1-3H3,(H,29,31)(H,27,28,30)/t26-/m0/s1. The number of nitrogens with one attached hydrogen (secondary N) is 2. The highest BCUT2D eigenvalue weighted by Crippen LogP contribution is 2.43. The third-order valence-corrected chi connectivity index (χ3v) is 7.46. The first-order valence-electron chi connectivity index (χ1n) is 11.8. The largest absolute Gasteiger partial charge is 0.494 e. The Morgan fingerprint density at radius 2 is 1.91 bits per heavy atom. The van der Waals surface area contributed by atoms with E-state index >= 15 is 0 Å². The molecule has 0 fully saturated rings. The molecule has 0 bridgehead atoms. The molecule has 0 spiro atoms. The van der Waals surface area contributed by atoms with Crippen LogP contribution in [0.3, 0.4) is 0 Å². The molecule has 1 aliphatic rings. The van der Waals surface area contributed by atoms with Crippen molar-refractivity contribution in [1.82, 2.24) is 20.5 Å². The van der Waals surface area contributed by atoms with Crippen LogP contribution in [-0.2, 0) is 16.8 Å². The topological polar surface area (TPSA) is 79.9 Å². The van der Waals surface area contributed by atoms with Crippen molar-refractivity contribution in [2.24, 2.45) is 0 Å². The Balaban J connectivity index is 1.59. The summed E-state index contributed by atoms with van der Waals surface area (Å²) in [6.45, 7) is 7.17. The van der Waals surface area contributed by atoms with Gasteiger partial charge in [-0.2, -0.15) is 0 Å². The first kappa shape index (κ1) is 23.2. The minimum atomic E-state index is -0.536. The van der Waals surface area contributed by atoms with E-state index in [-0.39, 0.29) is 5.91 Å². The summed E-state index contributed by atoms with van der Waals surface area (Å²) in [6.07, 6.45) is 7.88. The first-order valence-corrected chi connectivity index (χ1v) is 12.6. The van der Waals surface area contributed by atoms with Crippen LogP contribution in [0.15, 0.2) is 42.7 Å². The molecule has 3 aromatic rings. The third kappa shape index (κ3) is 5.19. The van der Waals surface area contributed by atoms with Crippen molar-refractivity contribution < 1.29 is 9.53 Å². The van der Waals surface area contributed by atoms with Crippen LogP contribution < -0.4 is 10.1 Å². The van der Waals surface area contributed by atoms with E-state index in [4.69, 9.17) is 4.74 Å². The average Bonchev–Trinajstić information content (AvgIpc) is 3.51. The second-order valence-electron chi connectivity index (χ2n) is 8.71. The highest BCUT2D eigenvalue weighted by atomic mass is 32.1. The molecule has 0 saturated carbocycles. The predicted octanol–water partition coefficient (Wildman–Crippen LogP) is 5.73. The molecule has 0 aliphatic carbocycles. The number of aromatic amines is 1. The number of unbranched alkanes of at least 4 members (excludes halogenated alkanes) is 3. The number of ether oxygens (including phenoxy) is 1. The summed E-state index contributed by atoms with van der Waals surface area (Å²) in [6, 6.07) is 12.4. The number of aromatic nitrogens is 3. The molecular weight excluding hydrogens is 432 g/mol. The van der Waals surface area contributed by atoms with Gasteiger partial charge in [0.15, 0.2) is 5.82 Å². The van der Waals surface area contributed by atoms with Gasteiger partial charge in [-0.1, -0.05) is 45.2 Å². The van der Waals surface area contributed by atoms with E-state index in [0.29, 0.717) is 17.8 Å². The molecular formula is C26H32N4O2S. The van der Waals surface area contributed by atoms with Crippen molar-refractivity contribution in [2.45, 2.75) is 64.8 Å². The predicted molar refractivity (Wildman–Crippen MR) is 133 cm³/mol. The average molecular weight is 465 g/mol. The zero-order valence-corrected chi connectivity index (χ0v) is 20.4. The number of hydrogen-bond acceptors (Lipinski definition) is 5. The summed E-state index contributed by atoms with van der Waals surface area (Å²) < 4.78 is 5.91. The number of benzene rings is 1. The minimum absolute atomic E-state index is 0.141. The quantitative estimate of drug-likeness (QED) is 0.375. The van der Waals surface area contributed by atoms with Gasteiger partial charge in [0, 0.05) is 16.2 Å². The van der Waals surface area contributed by atoms with Crippen LogP contribution >= 0.6 is 11.3 Å². The summed E-state index contributed by atoms with van der Waals surface area (Å²) in [7, 11) is 0. The van der Waals surface area contributed by atoms with E-state index < -0.39 is 5.54 Å². The molecule has 2 N–H and O–H groups in total. The van der Waals surface area contributed by atoms with E-state index in [1.165, 1.54) is 30.5 Å². The van der Waals surface area contributed by atoms with Crippen LogP contribution in [0, 0.1) is 0 Å². The lowest BCUT2D eigenvalue weighted by atomic mass is 9.80. The van der Waals surface area contributed by atoms with Gasteiger partial charge in [-0.25, -0.2) is 0 Å². The first-order chi connectivity index (χ1) is 16.0. The molecule has 6 nitrogen and oxygen atoms in total. The lowest BCUT2D eigenvalue weighted by Gasteiger charge is -2.37. The van der Waals surface area contributed by atoms with Crippen molar-refractivity contribution >= 4 is 28.4 Å². The Labute approximate surface area is 199 Å². The number of hydrogen-bond donors (Lipinski definition) is 2. The van der Waals surface area contributed by atoms with E-state index in [1.54, 1.807) is 11.3 Å². The molecule has 174 valence electrons. The van der Waals surface area contributed by atoms with E-state index in [2.05, 4.69) is 65.5 Å². The molecule has 4 rings (SSSR count). The summed E-state index contributed by atoms with van der Waals surface area (Å²) in [5, 5.41) is 11.3. The van der Waals surface area contributed by atoms with E-state index in [1.807, 2.05) is 12.1 Å². The lowest BCUT2D eigenvalue weighted by molar-refractivity contribution is -0.117. The van der Waals surface area contributed by atoms with Crippen molar-refractivity contribution in [1.29, 1.82) is 0 Å². The molecule has 0 unspecified atom stereocenters. The summed E-state index contributed by atoms with van der Waals surface area (Å²) >= 11 is 1.74. The Kier molecular flexibility index (Phi) is 7.28. The van der Waals surface area contributed by atoms with Gasteiger partial charge in [0.2, 0.25) is 0 Å². The number of amides is 1. The molecule has 1 amide bonds. The molecule has 3 heterocycles. The van der Waals surface area contributed by atoms with E-state index in [9.17, 15) is 4.79 Å². The fourth-order valence-electron chi connectivity index (χ4n) is 4.27. The summed E-state index contributed by atoms with van der Waals surface area (Å²) in [5.74, 6) is 1.23. The van der Waals surface area contributed by atoms with Crippen LogP contribution in [0.25, 0.3) is 11.1 Å². The van der Waals surface area contributed by atoms with Crippen LogP contribution in [0.4, 0.5) is 0 Å². The molecule has 1 aromatic carbocycles. The van der Waals surface area contributed by atoms with Crippen molar-refractivity contribution in [3.63, 3.8) is 0 Å². The highest BCUT2D eigenvalue weighted by molar-refractivity contribution is 7.13. The summed E-state index contributed by atoms with van der Waals surface area (Å²) in [5.41, 5.74) is 2.09. The fourth-order valence-corrected chi connectivity index (χ4v) is 5.26. The fraction of sp³-hybridized carbons (Fsp3) is 0.423. The van der Waals surface area contributed by atoms with Crippen LogP contribution in [0.5, 0.6) is 5.75 Å². The smallest absolute Gasteiger partial charge is 0.256 e. The number of aryl methyl sites for hydroxylation is 1. The molecule has 7 heteroatoms. The Morgan fingerprint density at radius 1 is 1.09 bits per heavy atom. The Hall–Kier alpha value is -2.93. The van der Waals surface area contributed by atoms with Crippen LogP contribution in [0.1, 0.15) is 74.0 Å². The van der Waals surface area contributed by atoms with Crippen molar-refractivity contribution in [3.05, 3.63) is 63.9 Å². The number of carbonyl (C=O) groups excluding carboxylic acids is 1. The minimum Gasteiger partial charge on any atom is -0.494 e. The third-order valence-electron chi connectivity index (χ3n) is 6.17. The number of H-pyrrole nitrogens is 1. The zero-order chi connectivity index (χ0) is 23.3. The Bertz CT molecular complexity index is 1100. The van der Waals surface area contributed by atoms with Gasteiger partial charge in [-0.05, 0) is 55.2 Å². The summed E-state index contributed by atoms with van der Waals surface area (Å²) in [4.78, 5) is 18.8. The zero-order valence-electron chi connectivity index (χ0n) is 19.6. The number of nitrogens with zero attached hydrogens (tertiary/aromatic N) is 2. The van der Waals surface area contributed by atoms with Gasteiger partial charge in [0.1, 0.15) is 12.1 Å². The van der Waals surface area contributed by atoms with Crippen LogP contribution in [0.2, 0.25) is 0 Å². The highest BCUT2D eigenvalue weighted by Gasteiger charge is 2.39. The van der Waals surface area contributed by atoms with Crippen molar-refractivity contribution in [3.8, 4) is 5.75 Å². The van der Waals surface area contributed by atoms with Crippen LogP contribution in [-0.4, -0.2) is 27.7 Å². The SMILES string of the molecule is CCCCCCOc1ccc([C@]2(C)CC(c3ccc(CC)s3)=C(c3nnc[nH]3)C(=O)N2)cc1. The lowest BCUT2D eigenvalue weighted by Crippen LogP contribution is -2.47. The maximum absolute atomic E-state index is 13.4. The maximum Gasteiger partial charge on any atom is 0.256 e. The number of thiophene rings is 1. The van der Waals surface area contributed by atoms with Gasteiger partial charge in [0.25, 0.3) is 5.91 Å². The molecule has 2 aromatic heterocycles. The molecule has 0 saturated heterocycles. The van der Waals surface area contributed by atoms with Gasteiger partial charge in [0.05, 0.1) is 17.7 Å². The Morgan fingerprint density at radius 3 is 2.58 bits per heavy atom. The van der Waals surface area contributed by atoms with E-state index in [0.717, 1.165) is 41.2 Å². The molecule has 33 heavy (non-hydrogen) atoms. The van der Waals surface area contributed by atoms with Gasteiger partial charge in [-0.3, -0.25) is 4.79 Å². The molecule has 0 radical (unpaired) electrons. The molecule has 1 aliphatic heterocycles. The number of carbonyl (C=O) groups is 1. The van der Waals surface area contributed by atoms with Gasteiger partial charge < -0.3 is 15.0 Å². The van der Waals surface area contributed by atoms with Gasteiger partial charge in [-0.15, -0.1) is 21.5 Å². The second-order valence-corrected chi connectivity index (χ2v) is 9.88. The van der Waals surface area contributed by atoms with Crippen molar-refractivity contribution in [2.75, 3.05) is 6.61 Å². The maximum atomic E-state index is 13.4. The normalized spacial score (nSPS) is 18.5.